The normalized spacial score (nSPS) is 32.1. The van der Waals surface area contributed by atoms with Gasteiger partial charge in [-0.15, -0.1) is 0 Å². The lowest BCUT2D eigenvalue weighted by Crippen LogP contribution is -2.69. The number of benzene rings is 1. The third-order valence-electron chi connectivity index (χ3n) is 4.40. The molecular weight excluding hydrogens is 258 g/mol. The Bertz CT molecular complexity index is 534. The maximum Gasteiger partial charge on any atom is 0.272 e. The lowest BCUT2D eigenvalue weighted by atomic mass is 9.68. The molecule has 1 aliphatic carbocycles. The van der Waals surface area contributed by atoms with Gasteiger partial charge in [0.1, 0.15) is 0 Å². The highest BCUT2D eigenvalue weighted by Crippen LogP contribution is 2.38. The van der Waals surface area contributed by atoms with Crippen LogP contribution >= 0.6 is 0 Å². The zero-order chi connectivity index (χ0) is 14.3. The van der Waals surface area contributed by atoms with Gasteiger partial charge in [-0.05, 0) is 31.9 Å². The molecule has 0 spiro atoms. The zero-order valence-corrected chi connectivity index (χ0v) is 11.4. The first-order chi connectivity index (χ1) is 9.58. The Morgan fingerprint density at radius 2 is 2.30 bits per heavy atom. The number of rotatable bonds is 3. The number of ether oxygens (including phenoxy) is 1. The molecule has 2 aliphatic rings. The van der Waals surface area contributed by atoms with Crippen molar-refractivity contribution in [3.63, 3.8) is 0 Å². The summed E-state index contributed by atoms with van der Waals surface area (Å²) in [6.07, 6.45) is 2.39. The molecule has 2 fully saturated rings. The average Bonchev–Trinajstić information content (AvgIpc) is 2.44. The molecule has 0 amide bonds. The molecule has 4 unspecified atom stereocenters. The summed E-state index contributed by atoms with van der Waals surface area (Å²) in [6, 6.07) is 5.24. The Morgan fingerprint density at radius 1 is 1.50 bits per heavy atom. The van der Waals surface area contributed by atoms with Crippen molar-refractivity contribution in [1.82, 2.24) is 0 Å². The van der Waals surface area contributed by atoms with Crippen LogP contribution in [0.25, 0.3) is 0 Å². The second-order valence-electron chi connectivity index (χ2n) is 5.65. The van der Waals surface area contributed by atoms with Crippen LogP contribution in [0.5, 0.6) is 0 Å². The molecule has 6 nitrogen and oxygen atoms in total. The summed E-state index contributed by atoms with van der Waals surface area (Å²) in [5.41, 5.74) is 7.84. The van der Waals surface area contributed by atoms with E-state index in [1.54, 1.807) is 19.1 Å². The molecule has 1 saturated carbocycles. The molecule has 0 radical (unpaired) electrons. The van der Waals surface area contributed by atoms with E-state index >= 15 is 0 Å². The van der Waals surface area contributed by atoms with Gasteiger partial charge in [0.15, 0.2) is 0 Å². The van der Waals surface area contributed by atoms with Crippen molar-refractivity contribution in [2.24, 2.45) is 11.7 Å². The lowest BCUT2D eigenvalue weighted by molar-refractivity contribution is -0.385. The number of nitrogens with zero attached hydrogens (tertiary/aromatic N) is 1. The maximum absolute atomic E-state index is 10.8. The zero-order valence-electron chi connectivity index (χ0n) is 11.4. The van der Waals surface area contributed by atoms with E-state index in [1.165, 1.54) is 6.07 Å². The largest absolute Gasteiger partial charge is 0.378 e. The number of hydrogen-bond donors (Lipinski definition) is 2. The van der Waals surface area contributed by atoms with Crippen LogP contribution in [0, 0.1) is 23.0 Å². The van der Waals surface area contributed by atoms with Gasteiger partial charge in [0, 0.05) is 35.9 Å². The monoisotopic (exact) mass is 277 g/mol. The SMILES string of the molecule is Cc1cc(NC2C(N)C3CCCOC32)ccc1[N+](=O)[O-]. The van der Waals surface area contributed by atoms with Gasteiger partial charge in [-0.25, -0.2) is 0 Å². The van der Waals surface area contributed by atoms with Crippen LogP contribution in [0.15, 0.2) is 18.2 Å². The van der Waals surface area contributed by atoms with E-state index in [9.17, 15) is 10.1 Å². The van der Waals surface area contributed by atoms with Gasteiger partial charge in [-0.1, -0.05) is 0 Å². The highest BCUT2D eigenvalue weighted by atomic mass is 16.6. The van der Waals surface area contributed by atoms with Crippen molar-refractivity contribution in [2.75, 3.05) is 11.9 Å². The van der Waals surface area contributed by atoms with E-state index < -0.39 is 0 Å². The third kappa shape index (κ3) is 2.14. The number of nitro groups is 1. The van der Waals surface area contributed by atoms with Crippen molar-refractivity contribution >= 4 is 11.4 Å². The van der Waals surface area contributed by atoms with Gasteiger partial charge in [-0.2, -0.15) is 0 Å². The van der Waals surface area contributed by atoms with Crippen molar-refractivity contribution in [2.45, 2.75) is 38.0 Å². The van der Waals surface area contributed by atoms with Gasteiger partial charge in [0.2, 0.25) is 0 Å². The summed E-state index contributed by atoms with van der Waals surface area (Å²) in [5, 5.41) is 14.2. The number of hydrogen-bond acceptors (Lipinski definition) is 5. The fraction of sp³-hybridized carbons (Fsp3) is 0.571. The van der Waals surface area contributed by atoms with Crippen molar-refractivity contribution in [1.29, 1.82) is 0 Å². The van der Waals surface area contributed by atoms with E-state index in [0.717, 1.165) is 25.1 Å². The first-order valence-corrected chi connectivity index (χ1v) is 6.96. The van der Waals surface area contributed by atoms with E-state index in [4.69, 9.17) is 10.5 Å². The molecule has 3 N–H and O–H groups in total. The second kappa shape index (κ2) is 5.03. The number of fused-ring (bicyclic) bond motifs is 1. The molecule has 1 aromatic carbocycles. The summed E-state index contributed by atoms with van der Waals surface area (Å²) in [7, 11) is 0. The van der Waals surface area contributed by atoms with Crippen LogP contribution in [-0.2, 0) is 4.74 Å². The molecule has 6 heteroatoms. The first-order valence-electron chi connectivity index (χ1n) is 6.96. The molecule has 108 valence electrons. The average molecular weight is 277 g/mol. The van der Waals surface area contributed by atoms with Crippen LogP contribution < -0.4 is 11.1 Å². The Hall–Kier alpha value is -1.66. The van der Waals surface area contributed by atoms with Gasteiger partial charge in [0.05, 0.1) is 17.1 Å². The number of anilines is 1. The summed E-state index contributed by atoms with van der Waals surface area (Å²) >= 11 is 0. The van der Waals surface area contributed by atoms with E-state index in [-0.39, 0.29) is 28.8 Å². The quantitative estimate of drug-likeness (QED) is 0.649. The molecule has 1 saturated heterocycles. The van der Waals surface area contributed by atoms with E-state index in [0.29, 0.717) is 11.5 Å². The predicted molar refractivity (Wildman–Crippen MR) is 75.7 cm³/mol. The van der Waals surface area contributed by atoms with Crippen molar-refractivity contribution in [3.05, 3.63) is 33.9 Å². The topological polar surface area (TPSA) is 90.4 Å². The van der Waals surface area contributed by atoms with Crippen molar-refractivity contribution < 1.29 is 9.66 Å². The highest BCUT2D eigenvalue weighted by molar-refractivity contribution is 5.54. The Morgan fingerprint density at radius 3 is 3.00 bits per heavy atom. The van der Waals surface area contributed by atoms with Crippen LogP contribution in [0.1, 0.15) is 18.4 Å². The van der Waals surface area contributed by atoms with Crippen LogP contribution in [0.3, 0.4) is 0 Å². The predicted octanol–water partition coefficient (Wildman–Crippen LogP) is 1.82. The fourth-order valence-corrected chi connectivity index (χ4v) is 3.27. The molecular formula is C14H19N3O3. The molecule has 20 heavy (non-hydrogen) atoms. The number of aryl methyl sites for hydroxylation is 1. The Balaban J connectivity index is 1.72. The minimum absolute atomic E-state index is 0.0933. The third-order valence-corrected chi connectivity index (χ3v) is 4.40. The molecule has 1 heterocycles. The lowest BCUT2D eigenvalue weighted by Gasteiger charge is -2.52. The number of nitrogens with one attached hydrogen (secondary N) is 1. The molecule has 4 atom stereocenters. The maximum atomic E-state index is 10.8. The van der Waals surface area contributed by atoms with Gasteiger partial charge in [0.25, 0.3) is 5.69 Å². The molecule has 1 aliphatic heterocycles. The van der Waals surface area contributed by atoms with Gasteiger partial charge >= 0.3 is 0 Å². The highest BCUT2D eigenvalue weighted by Gasteiger charge is 2.50. The van der Waals surface area contributed by atoms with Crippen LogP contribution in [0.4, 0.5) is 11.4 Å². The molecule has 0 bridgehead atoms. The first kappa shape index (κ1) is 13.3. The molecule has 1 aromatic rings. The number of nitro benzene ring substituents is 1. The summed E-state index contributed by atoms with van der Waals surface area (Å²) in [5.74, 6) is 0.445. The minimum Gasteiger partial charge on any atom is -0.378 e. The smallest absolute Gasteiger partial charge is 0.272 e. The second-order valence-corrected chi connectivity index (χ2v) is 5.65. The Labute approximate surface area is 117 Å². The summed E-state index contributed by atoms with van der Waals surface area (Å²) in [4.78, 5) is 10.4. The fourth-order valence-electron chi connectivity index (χ4n) is 3.27. The number of nitrogens with two attached hydrogens (primary N) is 1. The van der Waals surface area contributed by atoms with Gasteiger partial charge in [-0.3, -0.25) is 10.1 Å². The van der Waals surface area contributed by atoms with Crippen molar-refractivity contribution in [3.8, 4) is 0 Å². The minimum atomic E-state index is -0.367. The van der Waals surface area contributed by atoms with Gasteiger partial charge < -0.3 is 15.8 Å². The van der Waals surface area contributed by atoms with Crippen LogP contribution in [0.2, 0.25) is 0 Å². The summed E-state index contributed by atoms with van der Waals surface area (Å²) in [6.45, 7) is 2.54. The van der Waals surface area contributed by atoms with E-state index in [1.807, 2.05) is 0 Å². The van der Waals surface area contributed by atoms with Crippen LogP contribution in [-0.4, -0.2) is 29.7 Å². The molecule has 0 aromatic heterocycles. The summed E-state index contributed by atoms with van der Waals surface area (Å²) < 4.78 is 5.77. The standard InChI is InChI=1S/C14H19N3O3/c1-8-7-9(4-5-11(8)17(18)19)16-13-12(15)10-3-2-6-20-14(10)13/h4-5,7,10,12-14,16H,2-3,6,15H2,1H3. The molecule has 3 rings (SSSR count). The Kier molecular flexibility index (Phi) is 3.35. The van der Waals surface area contributed by atoms with E-state index in [2.05, 4.69) is 5.32 Å².